The Labute approximate surface area is 128 Å². The van der Waals surface area contributed by atoms with E-state index in [0.717, 1.165) is 30.2 Å². The van der Waals surface area contributed by atoms with Gasteiger partial charge < -0.3 is 5.73 Å². The van der Waals surface area contributed by atoms with Crippen LogP contribution in [0.4, 0.5) is 0 Å². The van der Waals surface area contributed by atoms with Crippen LogP contribution in [-0.2, 0) is 13.0 Å². The van der Waals surface area contributed by atoms with Gasteiger partial charge in [0.1, 0.15) is 0 Å². The molecule has 2 N–H and O–H groups in total. The van der Waals surface area contributed by atoms with Crippen molar-refractivity contribution in [3.63, 3.8) is 0 Å². The van der Waals surface area contributed by atoms with Crippen LogP contribution in [-0.4, -0.2) is 23.0 Å². The van der Waals surface area contributed by atoms with Crippen molar-refractivity contribution in [2.24, 2.45) is 5.73 Å². The molecule has 1 unspecified atom stereocenters. The number of rotatable bonds is 4. The second-order valence-electron chi connectivity index (χ2n) is 5.20. The molecule has 1 atom stereocenters. The molecule has 0 saturated heterocycles. The highest BCUT2D eigenvalue weighted by atomic mass is 35.5. The zero-order valence-electron chi connectivity index (χ0n) is 11.5. The Morgan fingerprint density at radius 1 is 1.50 bits per heavy atom. The number of halogens is 1. The molecule has 1 aromatic carbocycles. The fraction of sp³-hybridized carbons (Fsp3) is 0.400. The van der Waals surface area contributed by atoms with E-state index in [1.807, 2.05) is 13.0 Å². The monoisotopic (exact) mass is 307 g/mol. The van der Waals surface area contributed by atoms with Crippen LogP contribution in [0.3, 0.4) is 0 Å². The summed E-state index contributed by atoms with van der Waals surface area (Å²) in [6, 6.07) is 6.42. The van der Waals surface area contributed by atoms with Gasteiger partial charge in [0, 0.05) is 48.2 Å². The van der Waals surface area contributed by atoms with Crippen molar-refractivity contribution < 1.29 is 0 Å². The summed E-state index contributed by atoms with van der Waals surface area (Å²) in [6.07, 6.45) is 0.983. The van der Waals surface area contributed by atoms with Gasteiger partial charge in [-0.3, -0.25) is 4.90 Å². The number of aromatic nitrogens is 1. The van der Waals surface area contributed by atoms with Gasteiger partial charge in [-0.25, -0.2) is 4.98 Å². The van der Waals surface area contributed by atoms with Crippen molar-refractivity contribution in [3.05, 3.63) is 50.4 Å². The van der Waals surface area contributed by atoms with Gasteiger partial charge in [-0.05, 0) is 30.2 Å². The average Bonchev–Trinajstić information content (AvgIpc) is 2.99. The normalized spacial score (nSPS) is 18.4. The van der Waals surface area contributed by atoms with Crippen LogP contribution in [0.5, 0.6) is 0 Å². The number of thiazole rings is 1. The highest BCUT2D eigenvalue weighted by molar-refractivity contribution is 7.09. The van der Waals surface area contributed by atoms with Crippen LogP contribution in [0.2, 0.25) is 5.02 Å². The maximum Gasteiger partial charge on any atom is 0.0940 e. The fourth-order valence-electron chi connectivity index (χ4n) is 2.81. The van der Waals surface area contributed by atoms with Crippen LogP contribution >= 0.6 is 22.9 Å². The fourth-order valence-corrected chi connectivity index (χ4v) is 3.76. The topological polar surface area (TPSA) is 42.1 Å². The molecule has 0 spiro atoms. The molecule has 3 nitrogen and oxygen atoms in total. The molecule has 1 aromatic heterocycles. The average molecular weight is 308 g/mol. The van der Waals surface area contributed by atoms with E-state index in [9.17, 15) is 0 Å². The van der Waals surface area contributed by atoms with Crippen molar-refractivity contribution in [2.75, 3.05) is 13.1 Å². The smallest absolute Gasteiger partial charge is 0.0940 e. The van der Waals surface area contributed by atoms with Crippen molar-refractivity contribution in [1.29, 1.82) is 0 Å². The van der Waals surface area contributed by atoms with Crippen LogP contribution in [0.1, 0.15) is 27.9 Å². The van der Waals surface area contributed by atoms with Crippen molar-refractivity contribution in [3.8, 4) is 0 Å². The minimum atomic E-state index is 0.282. The molecule has 0 aliphatic carbocycles. The Morgan fingerprint density at radius 2 is 2.35 bits per heavy atom. The van der Waals surface area contributed by atoms with Gasteiger partial charge in [-0.1, -0.05) is 17.7 Å². The number of nitrogens with zero attached hydrogens (tertiary/aromatic N) is 2. The standard InChI is InChI=1S/C15H18ClN3S/c1-10-9-20-15(18-10)4-5-19-8-11-2-3-12(16)6-13(11)14(19)7-17/h2-3,6,9,14H,4-5,7-8,17H2,1H3. The van der Waals surface area contributed by atoms with E-state index in [1.165, 1.54) is 16.1 Å². The van der Waals surface area contributed by atoms with E-state index >= 15 is 0 Å². The van der Waals surface area contributed by atoms with Gasteiger partial charge >= 0.3 is 0 Å². The van der Waals surface area contributed by atoms with E-state index in [1.54, 1.807) is 11.3 Å². The maximum atomic E-state index is 6.10. The minimum Gasteiger partial charge on any atom is -0.329 e. The molecule has 1 aliphatic rings. The quantitative estimate of drug-likeness (QED) is 0.943. The molecule has 0 fully saturated rings. The number of nitrogens with two attached hydrogens (primary N) is 1. The van der Waals surface area contributed by atoms with E-state index in [-0.39, 0.29) is 6.04 Å². The van der Waals surface area contributed by atoms with Gasteiger partial charge in [-0.2, -0.15) is 0 Å². The van der Waals surface area contributed by atoms with E-state index in [0.29, 0.717) is 6.54 Å². The Kier molecular flexibility index (Phi) is 4.08. The SMILES string of the molecule is Cc1csc(CCN2Cc3ccc(Cl)cc3C2CN)n1. The summed E-state index contributed by atoms with van der Waals surface area (Å²) in [4.78, 5) is 6.95. The van der Waals surface area contributed by atoms with Gasteiger partial charge in [0.25, 0.3) is 0 Å². The summed E-state index contributed by atoms with van der Waals surface area (Å²) in [7, 11) is 0. The summed E-state index contributed by atoms with van der Waals surface area (Å²) >= 11 is 7.84. The Bertz CT molecular complexity index is 611. The van der Waals surface area contributed by atoms with E-state index in [4.69, 9.17) is 17.3 Å². The molecule has 0 amide bonds. The molecule has 0 bridgehead atoms. The van der Waals surface area contributed by atoms with Crippen molar-refractivity contribution in [1.82, 2.24) is 9.88 Å². The lowest BCUT2D eigenvalue weighted by Crippen LogP contribution is -2.29. The summed E-state index contributed by atoms with van der Waals surface area (Å²) in [5.74, 6) is 0. The van der Waals surface area contributed by atoms with Gasteiger partial charge in [0.2, 0.25) is 0 Å². The molecule has 5 heteroatoms. The first-order valence-electron chi connectivity index (χ1n) is 6.81. The van der Waals surface area contributed by atoms with Crippen LogP contribution in [0, 0.1) is 6.92 Å². The lowest BCUT2D eigenvalue weighted by molar-refractivity contribution is 0.223. The molecule has 0 radical (unpaired) electrons. The van der Waals surface area contributed by atoms with Crippen LogP contribution < -0.4 is 5.73 Å². The molecule has 1 aliphatic heterocycles. The zero-order chi connectivity index (χ0) is 14.1. The molecule has 2 aromatic rings. The molecule has 2 heterocycles. The predicted molar refractivity (Wildman–Crippen MR) is 84.2 cm³/mol. The lowest BCUT2D eigenvalue weighted by atomic mass is 10.1. The highest BCUT2D eigenvalue weighted by Gasteiger charge is 2.28. The van der Waals surface area contributed by atoms with Gasteiger partial charge in [-0.15, -0.1) is 11.3 Å². The first-order valence-corrected chi connectivity index (χ1v) is 8.06. The predicted octanol–water partition coefficient (Wildman–Crippen LogP) is 3.16. The Balaban J connectivity index is 1.72. The number of benzene rings is 1. The molecular weight excluding hydrogens is 290 g/mol. The Morgan fingerprint density at radius 3 is 3.05 bits per heavy atom. The number of aryl methyl sites for hydroxylation is 1. The second kappa shape index (κ2) is 5.82. The molecule has 106 valence electrons. The highest BCUT2D eigenvalue weighted by Crippen LogP contribution is 2.34. The summed E-state index contributed by atoms with van der Waals surface area (Å²) in [5, 5.41) is 4.10. The van der Waals surface area contributed by atoms with Gasteiger partial charge in [0.15, 0.2) is 0 Å². The third-order valence-corrected chi connectivity index (χ3v) is 5.05. The summed E-state index contributed by atoms with van der Waals surface area (Å²) in [6.45, 7) is 4.61. The van der Waals surface area contributed by atoms with E-state index < -0.39 is 0 Å². The molecule has 3 rings (SSSR count). The molecule has 0 saturated carbocycles. The number of fused-ring (bicyclic) bond motifs is 1. The zero-order valence-corrected chi connectivity index (χ0v) is 13.0. The third kappa shape index (κ3) is 2.74. The summed E-state index contributed by atoms with van der Waals surface area (Å²) < 4.78 is 0. The van der Waals surface area contributed by atoms with Crippen molar-refractivity contribution in [2.45, 2.75) is 25.9 Å². The summed E-state index contributed by atoms with van der Waals surface area (Å²) in [5.41, 5.74) is 9.71. The maximum absolute atomic E-state index is 6.10. The van der Waals surface area contributed by atoms with E-state index in [2.05, 4.69) is 27.4 Å². The van der Waals surface area contributed by atoms with Crippen molar-refractivity contribution >= 4 is 22.9 Å². The van der Waals surface area contributed by atoms with Crippen LogP contribution in [0.25, 0.3) is 0 Å². The first kappa shape index (κ1) is 14.0. The second-order valence-corrected chi connectivity index (χ2v) is 6.58. The van der Waals surface area contributed by atoms with Crippen LogP contribution in [0.15, 0.2) is 23.6 Å². The first-order chi connectivity index (χ1) is 9.67. The minimum absolute atomic E-state index is 0.282. The Hall–Kier alpha value is -0.940. The number of hydrogen-bond acceptors (Lipinski definition) is 4. The number of hydrogen-bond donors (Lipinski definition) is 1. The molecular formula is C15H18ClN3S. The largest absolute Gasteiger partial charge is 0.329 e. The lowest BCUT2D eigenvalue weighted by Gasteiger charge is -2.23. The third-order valence-electron chi connectivity index (χ3n) is 3.78. The van der Waals surface area contributed by atoms with Gasteiger partial charge in [0.05, 0.1) is 5.01 Å². The molecule has 20 heavy (non-hydrogen) atoms.